The van der Waals surface area contributed by atoms with Crippen LogP contribution in [-0.4, -0.2) is 53.6 Å². The van der Waals surface area contributed by atoms with Crippen molar-refractivity contribution in [2.45, 2.75) is 13.5 Å². The molecule has 2 aromatic heterocycles. The second-order valence-electron chi connectivity index (χ2n) is 6.79. The Balaban J connectivity index is 1.43. The van der Waals surface area contributed by atoms with Crippen molar-refractivity contribution in [2.24, 2.45) is 0 Å². The number of thiophene rings is 1. The van der Waals surface area contributed by atoms with E-state index in [4.69, 9.17) is 4.74 Å². The van der Waals surface area contributed by atoms with Gasteiger partial charge in [0.1, 0.15) is 17.1 Å². The average Bonchev–Trinajstić information content (AvgIpc) is 3.11. The molecule has 1 aromatic carbocycles. The third kappa shape index (κ3) is 3.47. The Morgan fingerprint density at radius 1 is 1.21 bits per heavy atom. The minimum Gasteiger partial charge on any atom is -0.495 e. The van der Waals surface area contributed by atoms with Crippen molar-refractivity contribution >= 4 is 33.1 Å². The van der Waals surface area contributed by atoms with E-state index in [1.165, 1.54) is 22.2 Å². The predicted octanol–water partition coefficient (Wildman–Crippen LogP) is 2.12. The molecule has 0 bridgehead atoms. The lowest BCUT2D eigenvalue weighted by atomic mass is 10.2. The number of hydrogen-bond donors (Lipinski definition) is 0. The van der Waals surface area contributed by atoms with Crippen molar-refractivity contribution in [3.8, 4) is 5.75 Å². The van der Waals surface area contributed by atoms with Crippen LogP contribution >= 0.6 is 11.3 Å². The van der Waals surface area contributed by atoms with Crippen LogP contribution in [0.4, 0.5) is 5.69 Å². The van der Waals surface area contributed by atoms with Crippen LogP contribution in [0.15, 0.2) is 41.5 Å². The summed E-state index contributed by atoms with van der Waals surface area (Å²) in [6, 6.07) is 9.73. The Morgan fingerprint density at radius 3 is 2.71 bits per heavy atom. The number of para-hydroxylation sites is 2. The molecule has 146 valence electrons. The van der Waals surface area contributed by atoms with Gasteiger partial charge in [-0.25, -0.2) is 4.98 Å². The molecule has 0 N–H and O–H groups in total. The van der Waals surface area contributed by atoms with Gasteiger partial charge in [-0.15, -0.1) is 11.3 Å². The first kappa shape index (κ1) is 18.5. The summed E-state index contributed by atoms with van der Waals surface area (Å²) in [5, 5.41) is 0.582. The van der Waals surface area contributed by atoms with Crippen LogP contribution in [0, 0.1) is 6.92 Å². The molecule has 1 fully saturated rings. The van der Waals surface area contributed by atoms with E-state index < -0.39 is 0 Å². The molecule has 0 atom stereocenters. The number of ether oxygens (including phenoxy) is 1. The average molecular weight is 398 g/mol. The zero-order valence-corrected chi connectivity index (χ0v) is 16.7. The Kier molecular flexibility index (Phi) is 5.04. The van der Waals surface area contributed by atoms with Crippen molar-refractivity contribution in [1.29, 1.82) is 0 Å². The smallest absolute Gasteiger partial charge is 0.262 e. The monoisotopic (exact) mass is 398 g/mol. The van der Waals surface area contributed by atoms with Gasteiger partial charge in [0.05, 0.1) is 24.5 Å². The lowest BCUT2D eigenvalue weighted by Gasteiger charge is -2.36. The summed E-state index contributed by atoms with van der Waals surface area (Å²) >= 11 is 1.49. The topological polar surface area (TPSA) is 67.7 Å². The molecule has 1 saturated heterocycles. The Morgan fingerprint density at radius 2 is 1.96 bits per heavy atom. The highest BCUT2D eigenvalue weighted by atomic mass is 32.1. The normalized spacial score (nSPS) is 14.5. The molecule has 3 heterocycles. The van der Waals surface area contributed by atoms with Gasteiger partial charge >= 0.3 is 0 Å². The number of hydrogen-bond acceptors (Lipinski definition) is 6. The lowest BCUT2D eigenvalue weighted by Crippen LogP contribution is -2.50. The largest absolute Gasteiger partial charge is 0.495 e. The first-order chi connectivity index (χ1) is 13.6. The molecule has 0 unspecified atom stereocenters. The quantitative estimate of drug-likeness (QED) is 0.674. The highest BCUT2D eigenvalue weighted by Gasteiger charge is 2.23. The zero-order chi connectivity index (χ0) is 19.7. The minimum absolute atomic E-state index is 0.0192. The number of carbonyl (C=O) groups excluding carboxylic acids is 1. The standard InChI is InChI=1S/C20H22N4O3S/c1-14-11-15-19(28-14)21-13-24(20(15)26)12-18(25)23-9-7-22(8-10-23)16-5-3-4-6-17(16)27-2/h3-6,11,13H,7-10,12H2,1-2H3. The number of aryl methyl sites for hydroxylation is 1. The van der Waals surface area contributed by atoms with Gasteiger partial charge in [-0.3, -0.25) is 14.2 Å². The number of fused-ring (bicyclic) bond motifs is 1. The van der Waals surface area contributed by atoms with E-state index in [2.05, 4.69) is 9.88 Å². The number of carbonyl (C=O) groups is 1. The SMILES string of the molecule is COc1ccccc1N1CCN(C(=O)Cn2cnc3sc(C)cc3c2=O)CC1. The van der Waals surface area contributed by atoms with E-state index in [0.29, 0.717) is 18.5 Å². The van der Waals surface area contributed by atoms with Gasteiger partial charge in [0.25, 0.3) is 5.56 Å². The van der Waals surface area contributed by atoms with Crippen LogP contribution in [0.25, 0.3) is 10.2 Å². The zero-order valence-electron chi connectivity index (χ0n) is 15.9. The van der Waals surface area contributed by atoms with E-state index >= 15 is 0 Å². The fourth-order valence-corrected chi connectivity index (χ4v) is 4.36. The van der Waals surface area contributed by atoms with Gasteiger partial charge in [-0.05, 0) is 25.1 Å². The number of benzene rings is 1. The first-order valence-corrected chi connectivity index (χ1v) is 10.00. The fraction of sp³-hybridized carbons (Fsp3) is 0.350. The van der Waals surface area contributed by atoms with Crippen LogP contribution in [0.2, 0.25) is 0 Å². The summed E-state index contributed by atoms with van der Waals surface area (Å²) in [6.07, 6.45) is 1.48. The van der Waals surface area contributed by atoms with Gasteiger partial charge in [0.15, 0.2) is 0 Å². The summed E-state index contributed by atoms with van der Waals surface area (Å²) < 4.78 is 6.84. The molecule has 3 aromatic rings. The van der Waals surface area contributed by atoms with Gasteiger partial charge in [0.2, 0.25) is 5.91 Å². The number of anilines is 1. The van der Waals surface area contributed by atoms with Crippen molar-refractivity contribution < 1.29 is 9.53 Å². The van der Waals surface area contributed by atoms with Gasteiger partial charge in [-0.1, -0.05) is 12.1 Å². The maximum atomic E-state index is 12.7. The molecule has 1 amide bonds. The first-order valence-electron chi connectivity index (χ1n) is 9.18. The van der Waals surface area contributed by atoms with Crippen molar-refractivity contribution in [3.05, 3.63) is 51.9 Å². The molecule has 4 rings (SSSR count). The molecule has 0 radical (unpaired) electrons. The van der Waals surface area contributed by atoms with Gasteiger partial charge in [-0.2, -0.15) is 0 Å². The van der Waals surface area contributed by atoms with Crippen LogP contribution in [0.5, 0.6) is 5.75 Å². The number of rotatable bonds is 4. The predicted molar refractivity (Wildman–Crippen MR) is 110 cm³/mol. The van der Waals surface area contributed by atoms with Crippen molar-refractivity contribution in [3.63, 3.8) is 0 Å². The second-order valence-corrected chi connectivity index (χ2v) is 8.03. The van der Waals surface area contributed by atoms with E-state index in [1.807, 2.05) is 37.3 Å². The molecule has 8 heteroatoms. The summed E-state index contributed by atoms with van der Waals surface area (Å²) in [6.45, 7) is 4.63. The molecule has 1 aliphatic rings. The second kappa shape index (κ2) is 7.63. The van der Waals surface area contributed by atoms with Crippen LogP contribution in [0.1, 0.15) is 4.88 Å². The minimum atomic E-state index is -0.157. The highest BCUT2D eigenvalue weighted by Crippen LogP contribution is 2.28. The van der Waals surface area contributed by atoms with E-state index in [1.54, 1.807) is 12.0 Å². The van der Waals surface area contributed by atoms with E-state index in [9.17, 15) is 9.59 Å². The summed E-state index contributed by atoms with van der Waals surface area (Å²) in [5.41, 5.74) is 0.881. The molecular formula is C20H22N4O3S. The van der Waals surface area contributed by atoms with Crippen LogP contribution < -0.4 is 15.2 Å². The Hall–Kier alpha value is -2.87. The van der Waals surface area contributed by atoms with Crippen LogP contribution in [0.3, 0.4) is 0 Å². The number of aromatic nitrogens is 2. The van der Waals surface area contributed by atoms with E-state index in [-0.39, 0.29) is 18.0 Å². The summed E-state index contributed by atoms with van der Waals surface area (Å²) in [7, 11) is 1.66. The molecule has 28 heavy (non-hydrogen) atoms. The van der Waals surface area contributed by atoms with Crippen LogP contribution in [-0.2, 0) is 11.3 Å². The number of piperazine rings is 1. The Bertz CT molecular complexity index is 1070. The maximum absolute atomic E-state index is 12.7. The summed E-state index contributed by atoms with van der Waals surface area (Å²) in [4.78, 5) is 35.4. The molecule has 0 saturated carbocycles. The van der Waals surface area contributed by atoms with Gasteiger partial charge < -0.3 is 14.5 Å². The molecule has 7 nitrogen and oxygen atoms in total. The molecular weight excluding hydrogens is 376 g/mol. The molecule has 1 aliphatic heterocycles. The number of nitrogens with zero attached hydrogens (tertiary/aromatic N) is 4. The fourth-order valence-electron chi connectivity index (χ4n) is 3.53. The molecule has 0 aliphatic carbocycles. The lowest BCUT2D eigenvalue weighted by molar-refractivity contribution is -0.132. The summed E-state index contributed by atoms with van der Waals surface area (Å²) in [5.74, 6) is 0.772. The van der Waals surface area contributed by atoms with Crippen molar-refractivity contribution in [2.75, 3.05) is 38.2 Å². The van der Waals surface area contributed by atoms with Gasteiger partial charge in [0, 0.05) is 31.1 Å². The maximum Gasteiger partial charge on any atom is 0.262 e. The highest BCUT2D eigenvalue weighted by molar-refractivity contribution is 7.18. The number of methoxy groups -OCH3 is 1. The third-order valence-corrected chi connectivity index (χ3v) is 5.96. The number of amides is 1. The Labute approximate surface area is 166 Å². The van der Waals surface area contributed by atoms with Crippen molar-refractivity contribution in [1.82, 2.24) is 14.5 Å². The molecule has 0 spiro atoms. The third-order valence-electron chi connectivity index (χ3n) is 5.01. The van der Waals surface area contributed by atoms with E-state index in [0.717, 1.165) is 34.2 Å².